The first-order valence-electron chi connectivity index (χ1n) is 5.79. The first kappa shape index (κ1) is 13.2. The fraction of sp³-hybridized carbons (Fsp3) is 0.455. The number of non-ortho nitro benzene ring substituents is 1. The minimum atomic E-state index is -0.679. The first-order chi connectivity index (χ1) is 8.97. The van der Waals surface area contributed by atoms with Gasteiger partial charge in [-0.25, -0.2) is 0 Å². The topological polar surface area (TPSA) is 119 Å². The van der Waals surface area contributed by atoms with Gasteiger partial charge in [-0.2, -0.15) is 0 Å². The lowest BCUT2D eigenvalue weighted by atomic mass is 9.77. The second kappa shape index (κ2) is 4.81. The van der Waals surface area contributed by atoms with Gasteiger partial charge in [0.25, 0.3) is 11.4 Å². The van der Waals surface area contributed by atoms with Crippen LogP contribution in [0.5, 0.6) is 0 Å². The van der Waals surface area contributed by atoms with E-state index in [1.807, 2.05) is 0 Å². The summed E-state index contributed by atoms with van der Waals surface area (Å²) in [5.41, 5.74) is -1.02. The third-order valence-electron chi connectivity index (χ3n) is 3.40. The number of nitrogens with zero attached hydrogens (tertiary/aromatic N) is 2. The zero-order valence-electron chi connectivity index (χ0n) is 10.0. The summed E-state index contributed by atoms with van der Waals surface area (Å²) in [5.74, 6) is 0. The Kier molecular flexibility index (Phi) is 3.34. The molecule has 0 atom stereocenters. The van der Waals surface area contributed by atoms with Crippen LogP contribution in [0.2, 0.25) is 0 Å². The third-order valence-corrected chi connectivity index (χ3v) is 3.40. The lowest BCUT2D eigenvalue weighted by Gasteiger charge is -2.41. The minimum Gasteiger partial charge on any atom is -0.394 e. The molecule has 0 aromatic heterocycles. The van der Waals surface area contributed by atoms with Gasteiger partial charge < -0.3 is 10.4 Å². The lowest BCUT2D eigenvalue weighted by molar-refractivity contribution is -0.393. The van der Waals surface area contributed by atoms with Gasteiger partial charge in [0, 0.05) is 6.07 Å². The van der Waals surface area contributed by atoms with Gasteiger partial charge in [0.1, 0.15) is 5.69 Å². The number of hydrogen-bond donors (Lipinski definition) is 2. The highest BCUT2D eigenvalue weighted by molar-refractivity contribution is 5.66. The lowest BCUT2D eigenvalue weighted by Crippen LogP contribution is -2.48. The molecule has 2 rings (SSSR count). The van der Waals surface area contributed by atoms with Gasteiger partial charge in [0.05, 0.1) is 28.1 Å². The number of aliphatic hydroxyl groups excluding tert-OH is 1. The van der Waals surface area contributed by atoms with Crippen LogP contribution in [-0.2, 0) is 0 Å². The van der Waals surface area contributed by atoms with Crippen molar-refractivity contribution in [2.24, 2.45) is 0 Å². The van der Waals surface area contributed by atoms with Crippen molar-refractivity contribution in [3.8, 4) is 0 Å². The molecule has 1 saturated carbocycles. The molecule has 0 spiro atoms. The largest absolute Gasteiger partial charge is 0.394 e. The van der Waals surface area contributed by atoms with Crippen molar-refractivity contribution in [1.82, 2.24) is 0 Å². The number of hydrogen-bond acceptors (Lipinski definition) is 6. The van der Waals surface area contributed by atoms with Crippen molar-refractivity contribution in [2.75, 3.05) is 11.9 Å². The predicted octanol–water partition coefficient (Wildman–Crippen LogP) is 1.83. The average molecular weight is 267 g/mol. The van der Waals surface area contributed by atoms with Crippen LogP contribution in [-0.4, -0.2) is 27.1 Å². The van der Waals surface area contributed by atoms with Crippen molar-refractivity contribution in [3.05, 3.63) is 38.4 Å². The van der Waals surface area contributed by atoms with Gasteiger partial charge in [-0.05, 0) is 25.3 Å². The molecule has 0 unspecified atom stereocenters. The van der Waals surface area contributed by atoms with E-state index >= 15 is 0 Å². The summed E-state index contributed by atoms with van der Waals surface area (Å²) < 4.78 is 0. The highest BCUT2D eigenvalue weighted by Gasteiger charge is 2.37. The number of aliphatic hydroxyl groups is 1. The van der Waals surface area contributed by atoms with Crippen LogP contribution in [0, 0.1) is 20.2 Å². The molecule has 0 radical (unpaired) electrons. The van der Waals surface area contributed by atoms with Crippen molar-refractivity contribution in [3.63, 3.8) is 0 Å². The molecule has 102 valence electrons. The van der Waals surface area contributed by atoms with E-state index in [-0.39, 0.29) is 23.7 Å². The summed E-state index contributed by atoms with van der Waals surface area (Å²) in [4.78, 5) is 20.2. The number of benzene rings is 1. The molecule has 0 bridgehead atoms. The first-order valence-corrected chi connectivity index (χ1v) is 5.79. The number of nitro groups is 2. The smallest absolute Gasteiger partial charge is 0.299 e. The molecule has 0 heterocycles. The Morgan fingerprint density at radius 3 is 2.37 bits per heavy atom. The molecule has 8 nitrogen and oxygen atoms in total. The van der Waals surface area contributed by atoms with E-state index < -0.39 is 15.4 Å². The second-order valence-electron chi connectivity index (χ2n) is 4.63. The number of nitrogens with one attached hydrogen (secondary N) is 1. The molecular formula is C11H13N3O5. The minimum absolute atomic E-state index is 0.124. The molecule has 8 heteroatoms. The highest BCUT2D eigenvalue weighted by atomic mass is 16.6. The zero-order valence-corrected chi connectivity index (χ0v) is 10.0. The van der Waals surface area contributed by atoms with Gasteiger partial charge in [0.2, 0.25) is 0 Å². The van der Waals surface area contributed by atoms with Crippen molar-refractivity contribution in [2.45, 2.75) is 24.8 Å². The summed E-state index contributed by atoms with van der Waals surface area (Å²) >= 11 is 0. The van der Waals surface area contributed by atoms with Crippen molar-refractivity contribution in [1.29, 1.82) is 0 Å². The molecule has 1 aromatic carbocycles. The van der Waals surface area contributed by atoms with Crippen LogP contribution in [0.1, 0.15) is 19.3 Å². The van der Waals surface area contributed by atoms with Crippen LogP contribution in [0.4, 0.5) is 17.1 Å². The van der Waals surface area contributed by atoms with E-state index in [1.54, 1.807) is 0 Å². The summed E-state index contributed by atoms with van der Waals surface area (Å²) in [5, 5.41) is 33.8. The summed E-state index contributed by atoms with van der Waals surface area (Å²) in [6.45, 7) is -0.124. The highest BCUT2D eigenvalue weighted by Crippen LogP contribution is 2.38. The zero-order chi connectivity index (χ0) is 14.0. The quantitative estimate of drug-likeness (QED) is 0.620. The number of anilines is 1. The van der Waals surface area contributed by atoms with Crippen molar-refractivity contribution >= 4 is 17.1 Å². The predicted molar refractivity (Wildman–Crippen MR) is 67.0 cm³/mol. The van der Waals surface area contributed by atoms with E-state index in [2.05, 4.69) is 5.32 Å². The van der Waals surface area contributed by atoms with Gasteiger partial charge >= 0.3 is 0 Å². The Bertz CT molecular complexity index is 522. The van der Waals surface area contributed by atoms with Crippen LogP contribution in [0.15, 0.2) is 18.2 Å². The molecule has 1 aromatic rings. The maximum Gasteiger partial charge on any atom is 0.299 e. The molecule has 0 saturated heterocycles. The Morgan fingerprint density at radius 2 is 1.95 bits per heavy atom. The average Bonchev–Trinajstić information content (AvgIpc) is 2.33. The van der Waals surface area contributed by atoms with Gasteiger partial charge in [-0.15, -0.1) is 0 Å². The van der Waals surface area contributed by atoms with E-state index in [9.17, 15) is 25.3 Å². The van der Waals surface area contributed by atoms with Crippen LogP contribution >= 0.6 is 0 Å². The molecule has 1 fully saturated rings. The summed E-state index contributed by atoms with van der Waals surface area (Å²) in [6.07, 6.45) is 2.38. The maximum atomic E-state index is 11.0. The van der Waals surface area contributed by atoms with E-state index in [4.69, 9.17) is 0 Å². The molecule has 0 aliphatic heterocycles. The third kappa shape index (κ3) is 2.48. The second-order valence-corrected chi connectivity index (χ2v) is 4.63. The SMILES string of the molecule is O=[N+]([O-])c1ccc(NC2(CO)CCC2)c([N+](=O)[O-])c1. The molecular weight excluding hydrogens is 254 g/mol. The van der Waals surface area contributed by atoms with Gasteiger partial charge in [-0.1, -0.05) is 0 Å². The fourth-order valence-corrected chi connectivity index (χ4v) is 2.10. The summed E-state index contributed by atoms with van der Waals surface area (Å²) in [7, 11) is 0. The van der Waals surface area contributed by atoms with Crippen LogP contribution < -0.4 is 5.32 Å². The van der Waals surface area contributed by atoms with E-state index in [0.29, 0.717) is 0 Å². The molecule has 0 amide bonds. The fourth-order valence-electron chi connectivity index (χ4n) is 2.10. The van der Waals surface area contributed by atoms with Crippen LogP contribution in [0.3, 0.4) is 0 Å². The maximum absolute atomic E-state index is 11.0. The molecule has 1 aliphatic carbocycles. The summed E-state index contributed by atoms with van der Waals surface area (Å²) in [6, 6.07) is 3.44. The Morgan fingerprint density at radius 1 is 1.26 bits per heavy atom. The Balaban J connectivity index is 2.34. The normalized spacial score (nSPS) is 16.5. The molecule has 1 aliphatic rings. The monoisotopic (exact) mass is 267 g/mol. The van der Waals surface area contributed by atoms with Crippen molar-refractivity contribution < 1.29 is 15.0 Å². The Hall–Kier alpha value is -2.22. The van der Waals surface area contributed by atoms with E-state index in [0.717, 1.165) is 25.3 Å². The molecule has 19 heavy (non-hydrogen) atoms. The standard InChI is InChI=1S/C11H13N3O5/c15-7-11(4-1-5-11)12-9-3-2-8(13(16)17)6-10(9)14(18)19/h2-3,6,12,15H,1,4-5,7H2. The number of nitro benzene ring substituents is 2. The Labute approximate surface area is 108 Å². The van der Waals surface area contributed by atoms with Gasteiger partial charge in [-0.3, -0.25) is 20.2 Å². The van der Waals surface area contributed by atoms with Crippen LogP contribution in [0.25, 0.3) is 0 Å². The van der Waals surface area contributed by atoms with E-state index in [1.165, 1.54) is 12.1 Å². The molecule has 2 N–H and O–H groups in total. The number of rotatable bonds is 5. The van der Waals surface area contributed by atoms with Gasteiger partial charge in [0.15, 0.2) is 0 Å².